The summed E-state index contributed by atoms with van der Waals surface area (Å²) in [5.74, 6) is 0.801. The van der Waals surface area contributed by atoms with Gasteiger partial charge in [0.25, 0.3) is 5.69 Å². The first-order chi connectivity index (χ1) is 8.58. The van der Waals surface area contributed by atoms with Gasteiger partial charge in [-0.25, -0.2) is 9.97 Å². The second-order valence-electron chi connectivity index (χ2n) is 3.48. The number of aromatic nitrogens is 2. The predicted octanol–water partition coefficient (Wildman–Crippen LogP) is 3.09. The minimum absolute atomic E-state index is 0.0142. The van der Waals surface area contributed by atoms with Crippen molar-refractivity contribution in [3.05, 3.63) is 50.0 Å². The van der Waals surface area contributed by atoms with Crippen LogP contribution in [0.5, 0.6) is 11.6 Å². The topological polar surface area (TPSA) is 78.2 Å². The minimum atomic E-state index is -0.461. The van der Waals surface area contributed by atoms with Gasteiger partial charge < -0.3 is 4.74 Å². The average Bonchev–Trinajstić information content (AvgIpc) is 2.34. The van der Waals surface area contributed by atoms with Crippen LogP contribution < -0.4 is 4.74 Å². The molecule has 1 aromatic carbocycles. The van der Waals surface area contributed by atoms with Crippen LogP contribution in [0.3, 0.4) is 0 Å². The second kappa shape index (κ2) is 5.25. The molecular weight excluding hydrogens is 349 g/mol. The molecule has 0 amide bonds. The van der Waals surface area contributed by atoms with Crippen LogP contribution in [0.25, 0.3) is 0 Å². The molecule has 1 heterocycles. The Balaban J connectivity index is 2.37. The summed E-state index contributed by atoms with van der Waals surface area (Å²) >= 11 is 2.04. The van der Waals surface area contributed by atoms with E-state index in [0.717, 1.165) is 9.13 Å². The van der Waals surface area contributed by atoms with E-state index in [9.17, 15) is 10.1 Å². The monoisotopic (exact) mass is 357 g/mol. The van der Waals surface area contributed by atoms with E-state index in [2.05, 4.69) is 9.97 Å². The summed E-state index contributed by atoms with van der Waals surface area (Å²) < 4.78 is 6.30. The van der Waals surface area contributed by atoms with E-state index in [4.69, 9.17) is 4.74 Å². The molecule has 0 saturated carbocycles. The Morgan fingerprint density at radius 1 is 1.44 bits per heavy atom. The molecule has 0 aliphatic rings. The summed E-state index contributed by atoms with van der Waals surface area (Å²) in [5.41, 5.74) is 0.787. The molecule has 7 heteroatoms. The standard InChI is InChI=1S/C11H8IN3O3/c1-7-2-3-8(15(16)17)4-10(7)18-11-9(12)5-13-6-14-11/h2-6H,1H3. The molecule has 0 atom stereocenters. The molecule has 2 rings (SSSR count). The van der Waals surface area contributed by atoms with E-state index in [1.165, 1.54) is 18.5 Å². The molecule has 6 nitrogen and oxygen atoms in total. The number of halogens is 1. The van der Waals surface area contributed by atoms with Crippen molar-refractivity contribution in [2.75, 3.05) is 0 Å². The molecule has 92 valence electrons. The van der Waals surface area contributed by atoms with Gasteiger partial charge in [-0.2, -0.15) is 0 Å². The lowest BCUT2D eigenvalue weighted by atomic mass is 10.2. The largest absolute Gasteiger partial charge is 0.437 e. The van der Waals surface area contributed by atoms with Gasteiger partial charge >= 0.3 is 0 Å². The molecule has 0 spiro atoms. The number of nitrogens with zero attached hydrogens (tertiary/aromatic N) is 3. The smallest absolute Gasteiger partial charge is 0.273 e. The van der Waals surface area contributed by atoms with Crippen molar-refractivity contribution in [1.82, 2.24) is 9.97 Å². The van der Waals surface area contributed by atoms with Gasteiger partial charge in [-0.3, -0.25) is 10.1 Å². The van der Waals surface area contributed by atoms with Crippen LogP contribution >= 0.6 is 22.6 Å². The van der Waals surface area contributed by atoms with Gasteiger partial charge in [-0.15, -0.1) is 0 Å². The number of benzene rings is 1. The fraction of sp³-hybridized carbons (Fsp3) is 0.0909. The fourth-order valence-electron chi connectivity index (χ4n) is 1.29. The Labute approximate surface area is 116 Å². The van der Waals surface area contributed by atoms with Crippen molar-refractivity contribution in [1.29, 1.82) is 0 Å². The maximum atomic E-state index is 10.7. The Morgan fingerprint density at radius 3 is 2.89 bits per heavy atom. The number of aryl methyl sites for hydroxylation is 1. The maximum Gasteiger partial charge on any atom is 0.273 e. The molecular formula is C11H8IN3O3. The summed E-state index contributed by atoms with van der Waals surface area (Å²) in [6, 6.07) is 4.46. The van der Waals surface area contributed by atoms with Crippen molar-refractivity contribution in [3.63, 3.8) is 0 Å². The first-order valence-electron chi connectivity index (χ1n) is 4.96. The molecule has 18 heavy (non-hydrogen) atoms. The zero-order chi connectivity index (χ0) is 13.1. The number of nitro groups is 1. The first-order valence-corrected chi connectivity index (χ1v) is 6.04. The van der Waals surface area contributed by atoms with E-state index in [-0.39, 0.29) is 5.69 Å². The van der Waals surface area contributed by atoms with Gasteiger partial charge in [0.05, 0.1) is 14.6 Å². The van der Waals surface area contributed by atoms with Crippen LogP contribution in [0.15, 0.2) is 30.7 Å². The Hall–Kier alpha value is -1.77. The van der Waals surface area contributed by atoms with Crippen molar-refractivity contribution in [2.45, 2.75) is 6.92 Å². The zero-order valence-corrected chi connectivity index (χ0v) is 11.5. The second-order valence-corrected chi connectivity index (χ2v) is 4.65. The third-order valence-electron chi connectivity index (χ3n) is 2.22. The van der Waals surface area contributed by atoms with E-state index >= 15 is 0 Å². The van der Waals surface area contributed by atoms with Crippen molar-refractivity contribution in [2.24, 2.45) is 0 Å². The average molecular weight is 357 g/mol. The number of rotatable bonds is 3. The SMILES string of the molecule is Cc1ccc([N+](=O)[O-])cc1Oc1ncncc1I. The highest BCUT2D eigenvalue weighted by atomic mass is 127. The van der Waals surface area contributed by atoms with Gasteiger partial charge in [0, 0.05) is 12.3 Å². The van der Waals surface area contributed by atoms with Gasteiger partial charge in [-0.1, -0.05) is 0 Å². The Kier molecular flexibility index (Phi) is 3.70. The molecule has 0 radical (unpaired) electrons. The van der Waals surface area contributed by atoms with Crippen LogP contribution in [-0.4, -0.2) is 14.9 Å². The summed E-state index contributed by atoms with van der Waals surface area (Å²) in [6.07, 6.45) is 2.97. The van der Waals surface area contributed by atoms with Crippen molar-refractivity contribution < 1.29 is 9.66 Å². The summed E-state index contributed by atoms with van der Waals surface area (Å²) in [6.45, 7) is 1.81. The lowest BCUT2D eigenvalue weighted by molar-refractivity contribution is -0.384. The third kappa shape index (κ3) is 2.73. The quantitative estimate of drug-likeness (QED) is 0.479. The molecule has 0 fully saturated rings. The molecule has 2 aromatic rings. The van der Waals surface area contributed by atoms with E-state index in [1.807, 2.05) is 29.5 Å². The van der Waals surface area contributed by atoms with Crippen LogP contribution in [0, 0.1) is 20.6 Å². The number of nitro benzene ring substituents is 1. The van der Waals surface area contributed by atoms with Gasteiger partial charge in [0.15, 0.2) is 0 Å². The number of hydrogen-bond acceptors (Lipinski definition) is 5. The molecule has 0 bridgehead atoms. The minimum Gasteiger partial charge on any atom is -0.437 e. The summed E-state index contributed by atoms with van der Waals surface area (Å²) in [4.78, 5) is 18.1. The lowest BCUT2D eigenvalue weighted by Gasteiger charge is -2.08. The molecule has 0 aliphatic heterocycles. The number of hydrogen-bond donors (Lipinski definition) is 0. The van der Waals surface area contributed by atoms with Crippen LogP contribution in [0.2, 0.25) is 0 Å². The molecule has 1 aromatic heterocycles. The van der Waals surface area contributed by atoms with Gasteiger partial charge in [-0.05, 0) is 41.1 Å². The fourth-order valence-corrected chi connectivity index (χ4v) is 1.70. The predicted molar refractivity (Wildman–Crippen MR) is 72.7 cm³/mol. The molecule has 0 unspecified atom stereocenters. The van der Waals surface area contributed by atoms with Gasteiger partial charge in [0.2, 0.25) is 5.88 Å². The Morgan fingerprint density at radius 2 is 2.22 bits per heavy atom. The molecule has 0 aliphatic carbocycles. The number of non-ortho nitro benzene ring substituents is 1. The maximum absolute atomic E-state index is 10.7. The normalized spacial score (nSPS) is 10.1. The highest BCUT2D eigenvalue weighted by molar-refractivity contribution is 14.1. The third-order valence-corrected chi connectivity index (χ3v) is 2.96. The van der Waals surface area contributed by atoms with Gasteiger partial charge in [0.1, 0.15) is 12.1 Å². The zero-order valence-electron chi connectivity index (χ0n) is 9.33. The van der Waals surface area contributed by atoms with Crippen molar-refractivity contribution >= 4 is 28.3 Å². The lowest BCUT2D eigenvalue weighted by Crippen LogP contribution is -1.95. The van der Waals surface area contributed by atoms with Crippen LogP contribution in [-0.2, 0) is 0 Å². The molecule has 0 saturated heterocycles. The summed E-state index contributed by atoms with van der Waals surface area (Å²) in [5, 5.41) is 10.7. The molecule has 0 N–H and O–H groups in total. The summed E-state index contributed by atoms with van der Waals surface area (Å²) in [7, 11) is 0. The highest BCUT2D eigenvalue weighted by Crippen LogP contribution is 2.29. The highest BCUT2D eigenvalue weighted by Gasteiger charge is 2.12. The van der Waals surface area contributed by atoms with Crippen LogP contribution in [0.4, 0.5) is 5.69 Å². The van der Waals surface area contributed by atoms with Crippen molar-refractivity contribution in [3.8, 4) is 11.6 Å². The Bertz CT molecular complexity index is 604. The van der Waals surface area contributed by atoms with E-state index in [0.29, 0.717) is 11.6 Å². The number of ether oxygens (including phenoxy) is 1. The van der Waals surface area contributed by atoms with Crippen LogP contribution in [0.1, 0.15) is 5.56 Å². The van der Waals surface area contributed by atoms with E-state index in [1.54, 1.807) is 12.3 Å². The first kappa shape index (κ1) is 12.7. The van der Waals surface area contributed by atoms with E-state index < -0.39 is 4.92 Å².